The average molecular weight is 599 g/mol. The van der Waals surface area contributed by atoms with E-state index in [0.29, 0.717) is 26.3 Å². The first kappa shape index (κ1) is 31.2. The molecule has 2 aromatic carbocycles. The minimum absolute atomic E-state index is 0.168. The lowest BCUT2D eigenvalue weighted by Crippen LogP contribution is -2.44. The van der Waals surface area contributed by atoms with Gasteiger partial charge in [-0.15, -0.1) is 9.46 Å². The predicted octanol–water partition coefficient (Wildman–Crippen LogP) is 1.76. The van der Waals surface area contributed by atoms with Gasteiger partial charge in [-0.3, -0.25) is 19.4 Å². The Bertz CT molecular complexity index is 1410. The van der Waals surface area contributed by atoms with Crippen molar-refractivity contribution in [3.63, 3.8) is 0 Å². The van der Waals surface area contributed by atoms with Gasteiger partial charge in [-0.1, -0.05) is 72.8 Å². The quantitative estimate of drug-likeness (QED) is 0.286. The Balaban J connectivity index is 1.15. The zero-order valence-electron chi connectivity index (χ0n) is 25.1. The summed E-state index contributed by atoms with van der Waals surface area (Å²) in [4.78, 5) is 41.9. The molecule has 0 spiro atoms. The Kier molecular flexibility index (Phi) is 11.8. The van der Waals surface area contributed by atoms with Crippen LogP contribution in [0.15, 0.2) is 107 Å². The van der Waals surface area contributed by atoms with Gasteiger partial charge in [-0.05, 0) is 23.3 Å². The lowest BCUT2D eigenvalue weighted by atomic mass is 10.2. The second-order valence-corrected chi connectivity index (χ2v) is 10.9. The normalized spacial score (nSPS) is 15.6. The summed E-state index contributed by atoms with van der Waals surface area (Å²) in [5.74, 6) is 0. The van der Waals surface area contributed by atoms with Crippen molar-refractivity contribution < 1.29 is 9.68 Å². The topological polar surface area (TPSA) is 93.0 Å². The zero-order valence-corrected chi connectivity index (χ0v) is 25.1. The van der Waals surface area contributed by atoms with Crippen molar-refractivity contribution in [2.45, 2.75) is 26.3 Å². The molecular formula is C34H42N6O4. The Morgan fingerprint density at radius 3 is 1.27 bits per heavy atom. The average Bonchev–Trinajstić information content (AvgIpc) is 3.03. The minimum Gasteiger partial charge on any atom is -0.406 e. The maximum Gasteiger partial charge on any atom is 0.283 e. The minimum atomic E-state index is -0.168. The smallest absolute Gasteiger partial charge is 0.283 e. The van der Waals surface area contributed by atoms with E-state index in [1.165, 1.54) is 21.6 Å². The SMILES string of the molecule is O=c1cccc(CN2CCNCCN(Cc3cccc(=O)n3OCc3ccccc3)CCNCC2)n1OCc1ccccc1. The molecule has 0 radical (unpaired) electrons. The van der Waals surface area contributed by atoms with Crippen molar-refractivity contribution in [3.8, 4) is 0 Å². The molecule has 10 heteroatoms. The van der Waals surface area contributed by atoms with E-state index >= 15 is 0 Å². The van der Waals surface area contributed by atoms with Gasteiger partial charge in [0.15, 0.2) is 0 Å². The van der Waals surface area contributed by atoms with Crippen molar-refractivity contribution in [1.82, 2.24) is 29.9 Å². The molecule has 1 saturated heterocycles. The molecule has 4 aromatic rings. The first-order valence-corrected chi connectivity index (χ1v) is 15.3. The Labute approximate surface area is 258 Å². The second kappa shape index (κ2) is 16.6. The summed E-state index contributed by atoms with van der Waals surface area (Å²) in [6.45, 7) is 8.43. The van der Waals surface area contributed by atoms with E-state index < -0.39 is 0 Å². The van der Waals surface area contributed by atoms with Crippen LogP contribution in [0.25, 0.3) is 0 Å². The first-order chi connectivity index (χ1) is 21.7. The van der Waals surface area contributed by atoms with Crippen molar-refractivity contribution in [1.29, 1.82) is 0 Å². The largest absolute Gasteiger partial charge is 0.406 e. The van der Waals surface area contributed by atoms with E-state index in [9.17, 15) is 9.59 Å². The molecule has 0 amide bonds. The first-order valence-electron chi connectivity index (χ1n) is 15.3. The van der Waals surface area contributed by atoms with Crippen molar-refractivity contribution in [3.05, 3.63) is 140 Å². The van der Waals surface area contributed by atoms with Crippen LogP contribution in [0.5, 0.6) is 0 Å². The summed E-state index contributed by atoms with van der Waals surface area (Å²) in [7, 11) is 0. The molecule has 2 aromatic heterocycles. The van der Waals surface area contributed by atoms with Crippen LogP contribution in [0.4, 0.5) is 0 Å². The van der Waals surface area contributed by atoms with Gasteiger partial charge in [-0.2, -0.15) is 0 Å². The predicted molar refractivity (Wildman–Crippen MR) is 171 cm³/mol. The molecular weight excluding hydrogens is 556 g/mol. The number of rotatable bonds is 10. The van der Waals surface area contributed by atoms with Crippen molar-refractivity contribution in [2.24, 2.45) is 0 Å². The summed E-state index contributed by atoms with van der Waals surface area (Å²) in [6.07, 6.45) is 0. The fourth-order valence-corrected chi connectivity index (χ4v) is 5.19. The molecule has 1 aliphatic rings. The van der Waals surface area contributed by atoms with Gasteiger partial charge in [-0.25, -0.2) is 0 Å². The van der Waals surface area contributed by atoms with Gasteiger partial charge in [0.05, 0.1) is 11.4 Å². The zero-order chi connectivity index (χ0) is 30.4. The number of nitrogens with zero attached hydrogens (tertiary/aromatic N) is 4. The Hall–Kier alpha value is -4.22. The molecule has 3 heterocycles. The summed E-state index contributed by atoms with van der Waals surface area (Å²) in [5, 5.41) is 7.15. The molecule has 1 aliphatic heterocycles. The van der Waals surface area contributed by atoms with Crippen LogP contribution < -0.4 is 31.4 Å². The van der Waals surface area contributed by atoms with Gasteiger partial charge in [0.1, 0.15) is 13.2 Å². The number of benzene rings is 2. The summed E-state index contributed by atoms with van der Waals surface area (Å²) in [6, 6.07) is 30.3. The third-order valence-electron chi connectivity index (χ3n) is 7.57. The summed E-state index contributed by atoms with van der Waals surface area (Å²) in [5.41, 5.74) is 3.35. The molecule has 0 unspecified atom stereocenters. The van der Waals surface area contributed by atoms with E-state index in [1.807, 2.05) is 72.8 Å². The molecule has 44 heavy (non-hydrogen) atoms. The molecule has 232 valence electrons. The monoisotopic (exact) mass is 598 g/mol. The van der Waals surface area contributed by atoms with Crippen LogP contribution in [-0.4, -0.2) is 71.6 Å². The fourth-order valence-electron chi connectivity index (χ4n) is 5.19. The van der Waals surface area contributed by atoms with Crippen LogP contribution in [0.3, 0.4) is 0 Å². The number of hydrogen-bond acceptors (Lipinski definition) is 8. The third-order valence-corrected chi connectivity index (χ3v) is 7.57. The van der Waals surface area contributed by atoms with Crippen molar-refractivity contribution >= 4 is 0 Å². The van der Waals surface area contributed by atoms with E-state index in [4.69, 9.17) is 9.68 Å². The molecule has 5 rings (SSSR count). The highest BCUT2D eigenvalue weighted by atomic mass is 16.7. The molecule has 2 N–H and O–H groups in total. The summed E-state index contributed by atoms with van der Waals surface area (Å²) >= 11 is 0. The van der Waals surface area contributed by atoms with Crippen LogP contribution in [-0.2, 0) is 26.3 Å². The number of aromatic nitrogens is 2. The molecule has 10 nitrogen and oxygen atoms in total. The maximum absolute atomic E-state index is 12.7. The van der Waals surface area contributed by atoms with Gasteiger partial charge < -0.3 is 20.3 Å². The summed E-state index contributed by atoms with van der Waals surface area (Å²) < 4.78 is 2.85. The van der Waals surface area contributed by atoms with Gasteiger partial charge >= 0.3 is 0 Å². The molecule has 0 aliphatic carbocycles. The lowest BCUT2D eigenvalue weighted by molar-refractivity contribution is 0.0750. The van der Waals surface area contributed by atoms with Crippen LogP contribution >= 0.6 is 0 Å². The van der Waals surface area contributed by atoms with E-state index in [1.54, 1.807) is 12.1 Å². The van der Waals surface area contributed by atoms with E-state index in [-0.39, 0.29) is 11.1 Å². The number of nitrogens with one attached hydrogen (secondary N) is 2. The Morgan fingerprint density at radius 2 is 0.886 bits per heavy atom. The maximum atomic E-state index is 12.7. The highest BCUT2D eigenvalue weighted by Gasteiger charge is 2.15. The fraction of sp³-hybridized carbons (Fsp3) is 0.353. The van der Waals surface area contributed by atoms with Gasteiger partial charge in [0.2, 0.25) is 0 Å². The highest BCUT2D eigenvalue weighted by Crippen LogP contribution is 2.06. The van der Waals surface area contributed by atoms with Gasteiger partial charge in [0.25, 0.3) is 11.1 Å². The number of hydrogen-bond donors (Lipinski definition) is 2. The molecule has 0 bridgehead atoms. The highest BCUT2D eigenvalue weighted by molar-refractivity contribution is 5.15. The molecule has 0 saturated carbocycles. The molecule has 1 fully saturated rings. The Morgan fingerprint density at radius 1 is 0.500 bits per heavy atom. The third kappa shape index (κ3) is 9.39. The van der Waals surface area contributed by atoms with E-state index in [0.717, 1.165) is 74.9 Å². The van der Waals surface area contributed by atoms with Crippen LogP contribution in [0.2, 0.25) is 0 Å². The van der Waals surface area contributed by atoms with E-state index in [2.05, 4.69) is 20.4 Å². The second-order valence-electron chi connectivity index (χ2n) is 10.9. The van der Waals surface area contributed by atoms with Crippen LogP contribution in [0, 0.1) is 0 Å². The number of pyridine rings is 2. The lowest BCUT2D eigenvalue weighted by Gasteiger charge is -2.27. The van der Waals surface area contributed by atoms with Gasteiger partial charge in [0, 0.05) is 77.6 Å². The molecule has 0 atom stereocenters. The standard InChI is InChI=1S/C34H42N6O4/c41-33-15-7-13-31(39(33)43-27-29-9-3-1-4-10-29)25-37-21-17-35-19-23-38(24-20-36-18-22-37)26-32-14-8-16-34(42)40(32)44-28-30-11-5-2-6-12-30/h1-16,35-36H,17-28H2. The van der Waals surface area contributed by atoms with Crippen molar-refractivity contribution in [2.75, 3.05) is 52.4 Å². The van der Waals surface area contributed by atoms with Crippen LogP contribution in [0.1, 0.15) is 22.5 Å².